The van der Waals surface area contributed by atoms with Crippen molar-refractivity contribution in [2.75, 3.05) is 27.2 Å². The second-order valence-corrected chi connectivity index (χ2v) is 6.46. The minimum Gasteiger partial charge on any atom is -0.341 e. The van der Waals surface area contributed by atoms with E-state index in [1.165, 1.54) is 0 Å². The Hall–Kier alpha value is -0.610. The van der Waals surface area contributed by atoms with Crippen molar-refractivity contribution < 1.29 is 4.79 Å². The summed E-state index contributed by atoms with van der Waals surface area (Å²) in [5.74, 6) is 1.11. The fourth-order valence-corrected chi connectivity index (χ4v) is 3.48. The Balaban J connectivity index is 1.91. The minimum absolute atomic E-state index is 0.171. The lowest BCUT2D eigenvalue weighted by atomic mass is 9.79. The predicted octanol–water partition coefficient (Wildman–Crippen LogP) is 0.912. The van der Waals surface area contributed by atoms with Gasteiger partial charge in [0, 0.05) is 31.1 Å². The monoisotopic (exact) mass is 253 g/mol. The van der Waals surface area contributed by atoms with Crippen LogP contribution in [0.1, 0.15) is 32.6 Å². The first-order valence-electron chi connectivity index (χ1n) is 7.18. The molecule has 4 nitrogen and oxygen atoms in total. The molecule has 4 atom stereocenters. The second-order valence-electron chi connectivity index (χ2n) is 6.46. The first-order valence-corrected chi connectivity index (χ1v) is 7.18. The van der Waals surface area contributed by atoms with Crippen molar-refractivity contribution in [3.8, 4) is 0 Å². The smallest absolute Gasteiger partial charge is 0.225 e. The van der Waals surface area contributed by atoms with Gasteiger partial charge in [0.05, 0.1) is 0 Å². The van der Waals surface area contributed by atoms with E-state index in [1.54, 1.807) is 0 Å². The lowest BCUT2D eigenvalue weighted by molar-refractivity contribution is -0.136. The summed E-state index contributed by atoms with van der Waals surface area (Å²) in [5, 5.41) is 0. The first-order chi connectivity index (χ1) is 8.47. The third-order valence-corrected chi connectivity index (χ3v) is 4.53. The molecule has 4 unspecified atom stereocenters. The highest BCUT2D eigenvalue weighted by Gasteiger charge is 2.35. The zero-order chi connectivity index (χ0) is 13.3. The van der Waals surface area contributed by atoms with E-state index in [1.807, 2.05) is 0 Å². The number of likely N-dealkylation sites (tertiary alicyclic amines) is 1. The van der Waals surface area contributed by atoms with Crippen molar-refractivity contribution in [2.45, 2.75) is 44.7 Å². The number of hydrogen-bond acceptors (Lipinski definition) is 3. The molecular formula is C14H27N3O. The van der Waals surface area contributed by atoms with Gasteiger partial charge in [-0.25, -0.2) is 0 Å². The van der Waals surface area contributed by atoms with Gasteiger partial charge in [-0.15, -0.1) is 0 Å². The molecule has 2 aliphatic rings. The molecule has 2 N–H and O–H groups in total. The van der Waals surface area contributed by atoms with Gasteiger partial charge in [-0.1, -0.05) is 6.92 Å². The maximum Gasteiger partial charge on any atom is 0.225 e. The standard InChI is InChI=1S/C14H27N3O/c1-10-6-11(8-12(15)7-10)14(18)17-5-4-13(9-17)16(2)3/h10-13H,4-9,15H2,1-3H3. The highest BCUT2D eigenvalue weighted by atomic mass is 16.2. The van der Waals surface area contributed by atoms with E-state index in [2.05, 4.69) is 30.8 Å². The van der Waals surface area contributed by atoms with Crippen LogP contribution < -0.4 is 5.73 Å². The summed E-state index contributed by atoms with van der Waals surface area (Å²) in [6, 6.07) is 0.749. The van der Waals surface area contributed by atoms with Crippen LogP contribution in [0.15, 0.2) is 0 Å². The van der Waals surface area contributed by atoms with Crippen LogP contribution in [0.5, 0.6) is 0 Å². The largest absolute Gasteiger partial charge is 0.341 e. The molecule has 1 saturated heterocycles. The van der Waals surface area contributed by atoms with Crippen LogP contribution in [0.3, 0.4) is 0 Å². The van der Waals surface area contributed by atoms with E-state index in [9.17, 15) is 4.79 Å². The molecule has 0 aromatic rings. The number of amides is 1. The number of nitrogens with two attached hydrogens (primary N) is 1. The van der Waals surface area contributed by atoms with Crippen molar-refractivity contribution in [1.29, 1.82) is 0 Å². The molecule has 1 heterocycles. The molecule has 0 radical (unpaired) electrons. The molecule has 0 aromatic carbocycles. The number of nitrogens with zero attached hydrogens (tertiary/aromatic N) is 2. The van der Waals surface area contributed by atoms with Gasteiger partial charge in [0.1, 0.15) is 0 Å². The molecular weight excluding hydrogens is 226 g/mol. The van der Waals surface area contributed by atoms with Gasteiger partial charge in [-0.2, -0.15) is 0 Å². The van der Waals surface area contributed by atoms with Crippen LogP contribution in [-0.2, 0) is 4.79 Å². The van der Waals surface area contributed by atoms with Crippen molar-refractivity contribution in [1.82, 2.24) is 9.80 Å². The van der Waals surface area contributed by atoms with Crippen molar-refractivity contribution in [3.05, 3.63) is 0 Å². The molecule has 1 aliphatic heterocycles. The first kappa shape index (κ1) is 13.8. The predicted molar refractivity (Wildman–Crippen MR) is 73.2 cm³/mol. The molecule has 0 bridgehead atoms. The summed E-state index contributed by atoms with van der Waals surface area (Å²) in [4.78, 5) is 16.8. The normalized spacial score (nSPS) is 37.3. The van der Waals surface area contributed by atoms with Crippen molar-refractivity contribution in [2.24, 2.45) is 17.6 Å². The van der Waals surface area contributed by atoms with E-state index in [4.69, 9.17) is 5.73 Å². The zero-order valence-corrected chi connectivity index (χ0v) is 11.9. The number of carbonyl (C=O) groups excluding carboxylic acids is 1. The Kier molecular flexibility index (Phi) is 4.28. The van der Waals surface area contributed by atoms with Gasteiger partial charge in [0.25, 0.3) is 0 Å². The third kappa shape index (κ3) is 3.04. The van der Waals surface area contributed by atoms with Crippen molar-refractivity contribution in [3.63, 3.8) is 0 Å². The lowest BCUT2D eigenvalue weighted by Crippen LogP contribution is -2.42. The summed E-state index contributed by atoms with van der Waals surface area (Å²) >= 11 is 0. The summed E-state index contributed by atoms with van der Waals surface area (Å²) < 4.78 is 0. The van der Waals surface area contributed by atoms with Crippen molar-refractivity contribution >= 4 is 5.91 Å². The number of hydrogen-bond donors (Lipinski definition) is 1. The fraction of sp³-hybridized carbons (Fsp3) is 0.929. The Morgan fingerprint density at radius 3 is 2.56 bits per heavy atom. The SMILES string of the molecule is CC1CC(N)CC(C(=O)N2CCC(N(C)C)C2)C1. The number of likely N-dealkylation sites (N-methyl/N-ethyl adjacent to an activating group) is 1. The maximum absolute atomic E-state index is 12.5. The van der Waals surface area contributed by atoms with Gasteiger partial charge in [-0.3, -0.25) is 4.79 Å². The maximum atomic E-state index is 12.5. The highest BCUT2D eigenvalue weighted by Crippen LogP contribution is 2.30. The summed E-state index contributed by atoms with van der Waals surface area (Å²) in [6.07, 6.45) is 4.08. The van der Waals surface area contributed by atoms with Gasteiger partial charge >= 0.3 is 0 Å². The Bertz CT molecular complexity index is 295. The van der Waals surface area contributed by atoms with Gasteiger partial charge in [0.2, 0.25) is 5.91 Å². The molecule has 0 spiro atoms. The number of carbonyl (C=O) groups is 1. The Morgan fingerprint density at radius 1 is 1.28 bits per heavy atom. The zero-order valence-electron chi connectivity index (χ0n) is 11.9. The minimum atomic E-state index is 0.171. The third-order valence-electron chi connectivity index (χ3n) is 4.53. The molecule has 2 rings (SSSR count). The average molecular weight is 253 g/mol. The van der Waals surface area contributed by atoms with Crippen LogP contribution in [0.4, 0.5) is 0 Å². The molecule has 1 amide bonds. The van der Waals surface area contributed by atoms with Crippen LogP contribution in [0.25, 0.3) is 0 Å². The topological polar surface area (TPSA) is 49.6 Å². The van der Waals surface area contributed by atoms with Crippen LogP contribution >= 0.6 is 0 Å². The summed E-state index contributed by atoms with van der Waals surface area (Å²) in [7, 11) is 4.19. The molecule has 2 fully saturated rings. The molecule has 4 heteroatoms. The molecule has 1 aliphatic carbocycles. The molecule has 18 heavy (non-hydrogen) atoms. The Morgan fingerprint density at radius 2 is 2.00 bits per heavy atom. The fourth-order valence-electron chi connectivity index (χ4n) is 3.48. The van der Waals surface area contributed by atoms with Gasteiger partial charge in [0.15, 0.2) is 0 Å². The quantitative estimate of drug-likeness (QED) is 0.796. The van der Waals surface area contributed by atoms with Crippen LogP contribution in [-0.4, -0.2) is 55.0 Å². The van der Waals surface area contributed by atoms with E-state index in [0.717, 1.165) is 38.8 Å². The summed E-state index contributed by atoms with van der Waals surface area (Å²) in [5.41, 5.74) is 6.05. The lowest BCUT2D eigenvalue weighted by Gasteiger charge is -2.33. The van der Waals surface area contributed by atoms with E-state index < -0.39 is 0 Å². The van der Waals surface area contributed by atoms with E-state index in [0.29, 0.717) is 17.9 Å². The Labute approximate surface area is 110 Å². The van der Waals surface area contributed by atoms with Gasteiger partial charge in [-0.05, 0) is 45.7 Å². The molecule has 1 saturated carbocycles. The van der Waals surface area contributed by atoms with Crippen LogP contribution in [0, 0.1) is 11.8 Å². The molecule has 0 aromatic heterocycles. The average Bonchev–Trinajstić information content (AvgIpc) is 2.75. The summed E-state index contributed by atoms with van der Waals surface area (Å²) in [6.45, 7) is 4.03. The number of rotatable bonds is 2. The highest BCUT2D eigenvalue weighted by molar-refractivity contribution is 5.79. The van der Waals surface area contributed by atoms with E-state index >= 15 is 0 Å². The molecule has 104 valence electrons. The van der Waals surface area contributed by atoms with E-state index in [-0.39, 0.29) is 12.0 Å². The second kappa shape index (κ2) is 5.57. The van der Waals surface area contributed by atoms with Gasteiger partial charge < -0.3 is 15.5 Å². The van der Waals surface area contributed by atoms with Crippen LogP contribution in [0.2, 0.25) is 0 Å².